The summed E-state index contributed by atoms with van der Waals surface area (Å²) in [6, 6.07) is 9.69. The van der Waals surface area contributed by atoms with Crippen LogP contribution in [-0.4, -0.2) is 60.6 Å². The van der Waals surface area contributed by atoms with Gasteiger partial charge in [-0.25, -0.2) is 0 Å². The molecule has 2 N–H and O–H groups in total. The summed E-state index contributed by atoms with van der Waals surface area (Å²) in [6.07, 6.45) is 2.72. The SMILES string of the molecule is CC1CN(CC2CCN(C(=O)C(C)(N)c3ccccc3)CC2)CC(C)O1.Cl.Cl. The number of ether oxygens (including phenoxy) is 1. The molecule has 2 aliphatic rings. The minimum Gasteiger partial charge on any atom is -0.373 e. The molecule has 2 heterocycles. The van der Waals surface area contributed by atoms with Crippen molar-refractivity contribution in [2.75, 3.05) is 32.7 Å². The minimum absolute atomic E-state index is 0. The number of halogens is 2. The smallest absolute Gasteiger partial charge is 0.246 e. The maximum absolute atomic E-state index is 13.0. The number of morpholine rings is 1. The van der Waals surface area contributed by atoms with Crippen molar-refractivity contribution in [3.63, 3.8) is 0 Å². The van der Waals surface area contributed by atoms with Gasteiger partial charge in [0.05, 0.1) is 12.2 Å². The Balaban J connectivity index is 0.00000196. The lowest BCUT2D eigenvalue weighted by molar-refractivity contribution is -0.138. The molecule has 2 aliphatic heterocycles. The van der Waals surface area contributed by atoms with Crippen LogP contribution >= 0.6 is 24.8 Å². The van der Waals surface area contributed by atoms with Gasteiger partial charge in [0.2, 0.25) is 5.91 Å². The molecule has 0 radical (unpaired) electrons. The Morgan fingerprint density at radius 1 is 1.11 bits per heavy atom. The molecule has 0 aliphatic carbocycles. The summed E-state index contributed by atoms with van der Waals surface area (Å²) in [6.45, 7) is 10.9. The number of piperidine rings is 1. The molecule has 5 nitrogen and oxygen atoms in total. The van der Waals surface area contributed by atoms with Crippen LogP contribution in [0.5, 0.6) is 0 Å². The van der Waals surface area contributed by atoms with Crippen molar-refractivity contribution in [1.29, 1.82) is 0 Å². The lowest BCUT2D eigenvalue weighted by Crippen LogP contribution is -2.54. The van der Waals surface area contributed by atoms with Crippen LogP contribution in [0.1, 0.15) is 39.2 Å². The summed E-state index contributed by atoms with van der Waals surface area (Å²) in [4.78, 5) is 17.5. The van der Waals surface area contributed by atoms with Gasteiger partial charge in [-0.2, -0.15) is 0 Å². The molecule has 0 saturated carbocycles. The fraction of sp³-hybridized carbons (Fsp3) is 0.667. The average Bonchev–Trinajstić information content (AvgIpc) is 2.61. The zero-order valence-corrected chi connectivity index (χ0v) is 18.8. The third-order valence-corrected chi connectivity index (χ3v) is 5.73. The molecule has 1 aromatic rings. The standard InChI is InChI=1S/C21H33N3O2.2ClH/c1-16-13-23(14-17(2)26-16)15-18-9-11-24(12-10-18)20(25)21(3,22)19-7-5-4-6-8-19;;/h4-8,16-18H,9-15,22H2,1-3H3;2*1H. The second-order valence-corrected chi connectivity index (χ2v) is 8.28. The quantitative estimate of drug-likeness (QED) is 0.795. The zero-order valence-electron chi connectivity index (χ0n) is 17.2. The lowest BCUT2D eigenvalue weighted by Gasteiger charge is -2.40. The van der Waals surface area contributed by atoms with Gasteiger partial charge in [-0.1, -0.05) is 30.3 Å². The molecule has 2 saturated heterocycles. The molecule has 7 heteroatoms. The van der Waals surface area contributed by atoms with Crippen LogP contribution in [0.3, 0.4) is 0 Å². The second-order valence-electron chi connectivity index (χ2n) is 8.28. The monoisotopic (exact) mass is 431 g/mol. The Morgan fingerprint density at radius 3 is 2.18 bits per heavy atom. The molecule has 0 spiro atoms. The number of carbonyl (C=O) groups excluding carboxylic acids is 1. The number of amides is 1. The predicted molar refractivity (Wildman–Crippen MR) is 118 cm³/mol. The van der Waals surface area contributed by atoms with E-state index in [2.05, 4.69) is 18.7 Å². The maximum atomic E-state index is 13.0. The molecule has 1 amide bonds. The summed E-state index contributed by atoms with van der Waals surface area (Å²) in [5.41, 5.74) is 6.34. The molecule has 0 aromatic heterocycles. The zero-order chi connectivity index (χ0) is 18.7. The fourth-order valence-corrected chi connectivity index (χ4v) is 4.35. The predicted octanol–water partition coefficient (Wildman–Crippen LogP) is 3.05. The van der Waals surface area contributed by atoms with Crippen molar-refractivity contribution in [3.8, 4) is 0 Å². The van der Waals surface area contributed by atoms with E-state index in [4.69, 9.17) is 10.5 Å². The summed E-state index contributed by atoms with van der Waals surface area (Å²) >= 11 is 0. The van der Waals surface area contributed by atoms with Gasteiger partial charge in [0, 0.05) is 32.7 Å². The number of carbonyl (C=O) groups is 1. The van der Waals surface area contributed by atoms with Crippen molar-refractivity contribution in [2.24, 2.45) is 11.7 Å². The van der Waals surface area contributed by atoms with E-state index < -0.39 is 5.54 Å². The Morgan fingerprint density at radius 2 is 1.64 bits per heavy atom. The van der Waals surface area contributed by atoms with Crippen molar-refractivity contribution in [3.05, 3.63) is 35.9 Å². The summed E-state index contributed by atoms with van der Waals surface area (Å²) < 4.78 is 5.83. The summed E-state index contributed by atoms with van der Waals surface area (Å²) in [5, 5.41) is 0. The Labute approximate surface area is 181 Å². The van der Waals surface area contributed by atoms with Crippen LogP contribution in [0.2, 0.25) is 0 Å². The van der Waals surface area contributed by atoms with E-state index in [-0.39, 0.29) is 30.7 Å². The molecule has 3 unspecified atom stereocenters. The average molecular weight is 432 g/mol. The van der Waals surface area contributed by atoms with Gasteiger partial charge in [0.1, 0.15) is 5.54 Å². The number of benzene rings is 1. The third-order valence-electron chi connectivity index (χ3n) is 5.73. The Hall–Kier alpha value is -0.850. The highest BCUT2D eigenvalue weighted by Gasteiger charge is 2.36. The highest BCUT2D eigenvalue weighted by Crippen LogP contribution is 2.25. The number of nitrogens with two attached hydrogens (primary N) is 1. The van der Waals surface area contributed by atoms with Gasteiger partial charge in [0.25, 0.3) is 0 Å². The van der Waals surface area contributed by atoms with Crippen LogP contribution in [0.25, 0.3) is 0 Å². The topological polar surface area (TPSA) is 58.8 Å². The van der Waals surface area contributed by atoms with Crippen LogP contribution in [-0.2, 0) is 15.1 Å². The normalized spacial score (nSPS) is 25.9. The highest BCUT2D eigenvalue weighted by molar-refractivity contribution is 5.87. The number of hydrogen-bond donors (Lipinski definition) is 1. The van der Waals surface area contributed by atoms with Gasteiger partial charge in [-0.05, 0) is 45.1 Å². The van der Waals surface area contributed by atoms with Crippen molar-refractivity contribution in [2.45, 2.75) is 51.4 Å². The van der Waals surface area contributed by atoms with Crippen molar-refractivity contribution < 1.29 is 9.53 Å². The van der Waals surface area contributed by atoms with E-state index in [1.165, 1.54) is 0 Å². The Kier molecular flexibility index (Phi) is 9.71. The number of nitrogens with zero attached hydrogens (tertiary/aromatic N) is 2. The summed E-state index contributed by atoms with van der Waals surface area (Å²) in [5.74, 6) is 0.688. The molecule has 160 valence electrons. The summed E-state index contributed by atoms with van der Waals surface area (Å²) in [7, 11) is 0. The highest BCUT2D eigenvalue weighted by atomic mass is 35.5. The molecule has 1 aromatic carbocycles. The lowest BCUT2D eigenvalue weighted by atomic mass is 9.89. The third kappa shape index (κ3) is 6.07. The van der Waals surface area contributed by atoms with E-state index in [1.54, 1.807) is 0 Å². The van der Waals surface area contributed by atoms with Gasteiger partial charge >= 0.3 is 0 Å². The van der Waals surface area contributed by atoms with E-state index in [0.717, 1.165) is 51.1 Å². The van der Waals surface area contributed by atoms with Gasteiger partial charge in [-0.3, -0.25) is 9.69 Å². The van der Waals surface area contributed by atoms with Crippen LogP contribution in [0.15, 0.2) is 30.3 Å². The molecule has 0 bridgehead atoms. The second kappa shape index (κ2) is 10.8. The van der Waals surface area contributed by atoms with E-state index >= 15 is 0 Å². The number of likely N-dealkylation sites (tertiary alicyclic amines) is 1. The van der Waals surface area contributed by atoms with Gasteiger partial charge in [0.15, 0.2) is 0 Å². The molecule has 3 atom stereocenters. The van der Waals surface area contributed by atoms with E-state index in [1.807, 2.05) is 42.2 Å². The number of hydrogen-bond acceptors (Lipinski definition) is 4. The first-order valence-electron chi connectivity index (χ1n) is 9.88. The van der Waals surface area contributed by atoms with Crippen molar-refractivity contribution >= 4 is 30.7 Å². The molecule has 28 heavy (non-hydrogen) atoms. The van der Waals surface area contributed by atoms with E-state index in [9.17, 15) is 4.79 Å². The fourth-order valence-electron chi connectivity index (χ4n) is 4.35. The maximum Gasteiger partial charge on any atom is 0.246 e. The molecular weight excluding hydrogens is 397 g/mol. The Bertz CT molecular complexity index is 597. The molecule has 2 fully saturated rings. The largest absolute Gasteiger partial charge is 0.373 e. The molecule has 3 rings (SSSR count). The van der Waals surface area contributed by atoms with Crippen molar-refractivity contribution in [1.82, 2.24) is 9.80 Å². The van der Waals surface area contributed by atoms with Crippen LogP contribution in [0.4, 0.5) is 0 Å². The first-order valence-corrected chi connectivity index (χ1v) is 9.88. The minimum atomic E-state index is -0.955. The van der Waals surface area contributed by atoms with E-state index in [0.29, 0.717) is 18.1 Å². The van der Waals surface area contributed by atoms with Crippen LogP contribution < -0.4 is 5.73 Å². The van der Waals surface area contributed by atoms with Gasteiger partial charge < -0.3 is 15.4 Å². The van der Waals surface area contributed by atoms with Gasteiger partial charge in [-0.15, -0.1) is 24.8 Å². The van der Waals surface area contributed by atoms with Crippen LogP contribution in [0, 0.1) is 5.92 Å². The first kappa shape index (κ1) is 25.2. The first-order chi connectivity index (χ1) is 12.4. The molecular formula is C21H35Cl2N3O2. The number of rotatable bonds is 4.